The lowest BCUT2D eigenvalue weighted by molar-refractivity contribution is 0.132. The Hall–Kier alpha value is -0.0800. The summed E-state index contributed by atoms with van der Waals surface area (Å²) in [6, 6.07) is 0.821. The van der Waals surface area contributed by atoms with Gasteiger partial charge in [0, 0.05) is 25.7 Å². The topological polar surface area (TPSA) is 15.3 Å². The van der Waals surface area contributed by atoms with Crippen molar-refractivity contribution in [1.82, 2.24) is 10.2 Å². The zero-order chi connectivity index (χ0) is 9.80. The van der Waals surface area contributed by atoms with Crippen molar-refractivity contribution in [2.45, 2.75) is 44.6 Å². The van der Waals surface area contributed by atoms with E-state index in [0.29, 0.717) is 0 Å². The highest BCUT2D eigenvalue weighted by Crippen LogP contribution is 2.28. The molecule has 0 aromatic rings. The monoisotopic (exact) mass is 196 g/mol. The Morgan fingerprint density at radius 3 is 2.43 bits per heavy atom. The predicted molar refractivity (Wildman–Crippen MR) is 60.5 cm³/mol. The van der Waals surface area contributed by atoms with E-state index >= 15 is 0 Å². The third-order valence-corrected chi connectivity index (χ3v) is 4.00. The second-order valence-electron chi connectivity index (χ2n) is 5.00. The Kier molecular flexibility index (Phi) is 3.82. The third-order valence-electron chi connectivity index (χ3n) is 4.00. The smallest absolute Gasteiger partial charge is 0.0246 e. The lowest BCUT2D eigenvalue weighted by atomic mass is 9.90. The van der Waals surface area contributed by atoms with Crippen molar-refractivity contribution in [1.29, 1.82) is 0 Å². The molecule has 1 heterocycles. The molecule has 0 amide bonds. The molecule has 1 unspecified atom stereocenters. The highest BCUT2D eigenvalue weighted by atomic mass is 15.2. The maximum Gasteiger partial charge on any atom is 0.0246 e. The van der Waals surface area contributed by atoms with Crippen molar-refractivity contribution >= 4 is 0 Å². The fourth-order valence-corrected chi connectivity index (χ4v) is 3.05. The summed E-state index contributed by atoms with van der Waals surface area (Å²) in [6.45, 7) is 3.64. The zero-order valence-corrected chi connectivity index (χ0v) is 9.47. The van der Waals surface area contributed by atoms with Crippen molar-refractivity contribution in [2.24, 2.45) is 5.92 Å². The molecule has 0 bridgehead atoms. The van der Waals surface area contributed by atoms with Crippen LogP contribution in [0.1, 0.15) is 38.5 Å². The summed E-state index contributed by atoms with van der Waals surface area (Å²) in [4.78, 5) is 2.58. The fourth-order valence-electron chi connectivity index (χ4n) is 3.05. The van der Waals surface area contributed by atoms with Gasteiger partial charge in [-0.2, -0.15) is 0 Å². The van der Waals surface area contributed by atoms with Gasteiger partial charge >= 0.3 is 0 Å². The van der Waals surface area contributed by atoms with Gasteiger partial charge in [0.25, 0.3) is 0 Å². The van der Waals surface area contributed by atoms with Crippen molar-refractivity contribution in [3.05, 3.63) is 0 Å². The molecule has 1 N–H and O–H groups in total. The summed E-state index contributed by atoms with van der Waals surface area (Å²) in [5.41, 5.74) is 0. The summed E-state index contributed by atoms with van der Waals surface area (Å²) in [7, 11) is 2.30. The van der Waals surface area contributed by atoms with E-state index in [0.717, 1.165) is 12.0 Å². The Bertz CT molecular complexity index is 162. The molecule has 0 radical (unpaired) electrons. The number of likely N-dealkylation sites (N-methyl/N-ethyl adjacent to an activating group) is 1. The van der Waals surface area contributed by atoms with Gasteiger partial charge < -0.3 is 10.2 Å². The van der Waals surface area contributed by atoms with Crippen LogP contribution in [0.2, 0.25) is 0 Å². The maximum atomic E-state index is 3.54. The first-order chi connectivity index (χ1) is 6.88. The zero-order valence-electron chi connectivity index (χ0n) is 9.47. The first-order valence-electron chi connectivity index (χ1n) is 6.29. The van der Waals surface area contributed by atoms with Crippen LogP contribution in [0.25, 0.3) is 0 Å². The van der Waals surface area contributed by atoms with Gasteiger partial charge in [0.05, 0.1) is 0 Å². The molecule has 1 saturated carbocycles. The van der Waals surface area contributed by atoms with Crippen LogP contribution in [0.5, 0.6) is 0 Å². The van der Waals surface area contributed by atoms with Gasteiger partial charge in [0.15, 0.2) is 0 Å². The summed E-state index contributed by atoms with van der Waals surface area (Å²) in [5.74, 6) is 0.968. The highest BCUT2D eigenvalue weighted by molar-refractivity contribution is 4.84. The first-order valence-corrected chi connectivity index (χ1v) is 6.29. The Balaban J connectivity index is 1.90. The van der Waals surface area contributed by atoms with E-state index in [-0.39, 0.29) is 0 Å². The lowest BCUT2D eigenvalue weighted by Gasteiger charge is -2.38. The minimum Gasteiger partial charge on any atom is -0.314 e. The van der Waals surface area contributed by atoms with Crippen LogP contribution in [0.3, 0.4) is 0 Å². The number of hydrogen-bond donors (Lipinski definition) is 1. The molecule has 0 aromatic carbocycles. The number of hydrogen-bond acceptors (Lipinski definition) is 2. The van der Waals surface area contributed by atoms with Gasteiger partial charge in [-0.3, -0.25) is 0 Å². The maximum absolute atomic E-state index is 3.54. The number of nitrogens with one attached hydrogen (secondary N) is 1. The molecule has 0 spiro atoms. The van der Waals surface area contributed by atoms with Crippen LogP contribution in [-0.2, 0) is 0 Å². The quantitative estimate of drug-likeness (QED) is 0.644. The minimum absolute atomic E-state index is 0.821. The van der Waals surface area contributed by atoms with Crippen LogP contribution in [0.15, 0.2) is 0 Å². The molecule has 82 valence electrons. The van der Waals surface area contributed by atoms with Gasteiger partial charge in [-0.15, -0.1) is 0 Å². The predicted octanol–water partition coefficient (Wildman–Crippen LogP) is 1.86. The summed E-state index contributed by atoms with van der Waals surface area (Å²) in [5, 5.41) is 3.54. The molecule has 1 aliphatic carbocycles. The van der Waals surface area contributed by atoms with E-state index in [9.17, 15) is 0 Å². The van der Waals surface area contributed by atoms with Crippen molar-refractivity contribution in [2.75, 3.05) is 26.7 Å². The molecular formula is C12H24N2. The summed E-state index contributed by atoms with van der Waals surface area (Å²) < 4.78 is 0. The number of rotatable bonds is 1. The SMILES string of the molecule is CN1CCNCC1C1CCCCCC1. The Morgan fingerprint density at radius 2 is 1.79 bits per heavy atom. The molecule has 1 atom stereocenters. The van der Waals surface area contributed by atoms with E-state index in [1.807, 2.05) is 0 Å². The van der Waals surface area contributed by atoms with Crippen molar-refractivity contribution < 1.29 is 0 Å². The van der Waals surface area contributed by atoms with Crippen LogP contribution in [0.4, 0.5) is 0 Å². The van der Waals surface area contributed by atoms with Gasteiger partial charge in [-0.1, -0.05) is 25.7 Å². The minimum atomic E-state index is 0.821. The number of nitrogens with zero attached hydrogens (tertiary/aromatic N) is 1. The van der Waals surface area contributed by atoms with Crippen molar-refractivity contribution in [3.8, 4) is 0 Å². The second-order valence-corrected chi connectivity index (χ2v) is 5.00. The van der Waals surface area contributed by atoms with E-state index in [2.05, 4.69) is 17.3 Å². The standard InChI is InChI=1S/C12H24N2/c1-14-9-8-13-10-12(14)11-6-4-2-3-5-7-11/h11-13H,2-10H2,1H3. The van der Waals surface area contributed by atoms with Crippen molar-refractivity contribution in [3.63, 3.8) is 0 Å². The molecule has 2 aliphatic rings. The molecule has 1 aliphatic heterocycles. The average Bonchev–Trinajstić information content (AvgIpc) is 2.47. The molecular weight excluding hydrogens is 172 g/mol. The largest absolute Gasteiger partial charge is 0.314 e. The van der Waals surface area contributed by atoms with Crippen LogP contribution in [-0.4, -0.2) is 37.6 Å². The van der Waals surface area contributed by atoms with E-state index in [1.54, 1.807) is 0 Å². The van der Waals surface area contributed by atoms with Gasteiger partial charge in [0.1, 0.15) is 0 Å². The highest BCUT2D eigenvalue weighted by Gasteiger charge is 2.27. The van der Waals surface area contributed by atoms with E-state index < -0.39 is 0 Å². The Labute approximate surface area is 88.1 Å². The van der Waals surface area contributed by atoms with Gasteiger partial charge in [-0.25, -0.2) is 0 Å². The van der Waals surface area contributed by atoms with Crippen LogP contribution >= 0.6 is 0 Å². The van der Waals surface area contributed by atoms with E-state index in [1.165, 1.54) is 58.2 Å². The molecule has 2 nitrogen and oxygen atoms in total. The van der Waals surface area contributed by atoms with Gasteiger partial charge in [-0.05, 0) is 25.8 Å². The normalized spacial score (nSPS) is 32.8. The molecule has 2 heteroatoms. The van der Waals surface area contributed by atoms with Crippen LogP contribution < -0.4 is 5.32 Å². The summed E-state index contributed by atoms with van der Waals surface area (Å²) in [6.07, 6.45) is 8.82. The average molecular weight is 196 g/mol. The lowest BCUT2D eigenvalue weighted by Crippen LogP contribution is -2.52. The number of piperazine rings is 1. The molecule has 0 aromatic heterocycles. The molecule has 2 rings (SSSR count). The molecule has 1 saturated heterocycles. The fraction of sp³-hybridized carbons (Fsp3) is 1.00. The van der Waals surface area contributed by atoms with Crippen LogP contribution in [0, 0.1) is 5.92 Å². The molecule has 2 fully saturated rings. The van der Waals surface area contributed by atoms with Gasteiger partial charge in [0.2, 0.25) is 0 Å². The summed E-state index contributed by atoms with van der Waals surface area (Å²) >= 11 is 0. The molecule has 14 heavy (non-hydrogen) atoms. The first kappa shape index (κ1) is 10.4. The van der Waals surface area contributed by atoms with E-state index in [4.69, 9.17) is 0 Å². The third kappa shape index (κ3) is 2.48. The second kappa shape index (κ2) is 5.13. The Morgan fingerprint density at radius 1 is 1.07 bits per heavy atom.